The van der Waals surface area contributed by atoms with Crippen LogP contribution in [0.5, 0.6) is 0 Å². The second-order valence-electron chi connectivity index (χ2n) is 5.20. The van der Waals surface area contributed by atoms with Crippen molar-refractivity contribution in [2.75, 3.05) is 0 Å². The molecule has 20 heavy (non-hydrogen) atoms. The van der Waals surface area contributed by atoms with E-state index in [1.54, 1.807) is 12.1 Å². The topological polar surface area (TPSA) is 52.6 Å². The van der Waals surface area contributed by atoms with E-state index in [2.05, 4.69) is 0 Å². The van der Waals surface area contributed by atoms with Crippen LogP contribution in [0.3, 0.4) is 0 Å². The van der Waals surface area contributed by atoms with Crippen LogP contribution in [0.4, 0.5) is 0 Å². The molecular formula is C16H20O4. The van der Waals surface area contributed by atoms with Crippen molar-refractivity contribution in [2.24, 2.45) is 0 Å². The van der Waals surface area contributed by atoms with E-state index in [0.29, 0.717) is 5.56 Å². The number of carbonyl (C=O) groups excluding carboxylic acids is 2. The first-order valence-corrected chi connectivity index (χ1v) is 6.97. The first-order valence-electron chi connectivity index (χ1n) is 6.97. The molecule has 108 valence electrons. The molecule has 0 radical (unpaired) electrons. The quantitative estimate of drug-likeness (QED) is 0.627. The van der Waals surface area contributed by atoms with Gasteiger partial charge >= 0.3 is 5.97 Å². The summed E-state index contributed by atoms with van der Waals surface area (Å²) in [5.41, 5.74) is 0.663. The fraction of sp³-hybridized carbons (Fsp3) is 0.500. The SMILES string of the molecule is CC(=O)O[C@H]1CC[C@H](C)O[C@@H]1CC(=O)c1ccccc1. The minimum Gasteiger partial charge on any atom is -0.460 e. The van der Waals surface area contributed by atoms with Crippen molar-refractivity contribution in [3.8, 4) is 0 Å². The van der Waals surface area contributed by atoms with E-state index < -0.39 is 0 Å². The maximum Gasteiger partial charge on any atom is 0.302 e. The van der Waals surface area contributed by atoms with E-state index >= 15 is 0 Å². The van der Waals surface area contributed by atoms with Gasteiger partial charge in [0.15, 0.2) is 5.78 Å². The van der Waals surface area contributed by atoms with Gasteiger partial charge in [-0.1, -0.05) is 30.3 Å². The minimum atomic E-state index is -0.352. The van der Waals surface area contributed by atoms with Gasteiger partial charge in [0, 0.05) is 18.9 Å². The molecule has 1 heterocycles. The second kappa shape index (κ2) is 6.66. The van der Waals surface area contributed by atoms with Gasteiger partial charge in [0.05, 0.1) is 6.10 Å². The van der Waals surface area contributed by atoms with Gasteiger partial charge in [0.25, 0.3) is 0 Å². The fourth-order valence-electron chi connectivity index (χ4n) is 2.49. The summed E-state index contributed by atoms with van der Waals surface area (Å²) in [4.78, 5) is 23.4. The number of carbonyl (C=O) groups is 2. The van der Waals surface area contributed by atoms with Gasteiger partial charge in [-0.05, 0) is 19.8 Å². The smallest absolute Gasteiger partial charge is 0.302 e. The average molecular weight is 276 g/mol. The summed E-state index contributed by atoms with van der Waals surface area (Å²) in [5, 5.41) is 0. The third-order valence-corrected chi connectivity index (χ3v) is 3.48. The second-order valence-corrected chi connectivity index (χ2v) is 5.20. The lowest BCUT2D eigenvalue weighted by Crippen LogP contribution is -2.41. The highest BCUT2D eigenvalue weighted by Gasteiger charge is 2.33. The van der Waals surface area contributed by atoms with Crippen molar-refractivity contribution >= 4 is 11.8 Å². The zero-order valence-corrected chi connectivity index (χ0v) is 11.9. The van der Waals surface area contributed by atoms with Crippen LogP contribution in [0.15, 0.2) is 30.3 Å². The van der Waals surface area contributed by atoms with E-state index in [4.69, 9.17) is 9.47 Å². The zero-order chi connectivity index (χ0) is 14.5. The molecule has 3 atom stereocenters. The Morgan fingerprint density at radius 1 is 1.25 bits per heavy atom. The summed E-state index contributed by atoms with van der Waals surface area (Å²) in [6.45, 7) is 3.36. The van der Waals surface area contributed by atoms with Crippen molar-refractivity contribution < 1.29 is 19.1 Å². The maximum atomic E-state index is 12.2. The summed E-state index contributed by atoms with van der Waals surface area (Å²) in [6, 6.07) is 9.12. The number of hydrogen-bond acceptors (Lipinski definition) is 4. The maximum absolute atomic E-state index is 12.2. The van der Waals surface area contributed by atoms with Crippen molar-refractivity contribution in [1.82, 2.24) is 0 Å². The van der Waals surface area contributed by atoms with Gasteiger partial charge in [-0.25, -0.2) is 0 Å². The van der Waals surface area contributed by atoms with Crippen molar-refractivity contribution in [1.29, 1.82) is 0 Å². The summed E-state index contributed by atoms with van der Waals surface area (Å²) < 4.78 is 11.1. The van der Waals surface area contributed by atoms with Gasteiger partial charge in [-0.15, -0.1) is 0 Å². The molecule has 0 amide bonds. The monoisotopic (exact) mass is 276 g/mol. The Morgan fingerprint density at radius 3 is 2.60 bits per heavy atom. The first-order chi connectivity index (χ1) is 9.56. The van der Waals surface area contributed by atoms with Crippen LogP contribution in [0.2, 0.25) is 0 Å². The highest BCUT2D eigenvalue weighted by atomic mass is 16.6. The van der Waals surface area contributed by atoms with Crippen LogP contribution in [0, 0.1) is 0 Å². The number of rotatable bonds is 4. The Bertz CT molecular complexity index is 469. The number of hydrogen-bond donors (Lipinski definition) is 0. The molecule has 0 unspecified atom stereocenters. The summed E-state index contributed by atoms with van der Waals surface area (Å²) in [6.07, 6.45) is 1.25. The number of Topliss-reactive ketones (excluding diaryl/α,β-unsaturated/α-hetero) is 1. The van der Waals surface area contributed by atoms with Crippen LogP contribution in [-0.4, -0.2) is 30.1 Å². The molecule has 0 aliphatic carbocycles. The van der Waals surface area contributed by atoms with Crippen LogP contribution in [-0.2, 0) is 14.3 Å². The molecular weight excluding hydrogens is 256 g/mol. The highest BCUT2D eigenvalue weighted by molar-refractivity contribution is 5.96. The highest BCUT2D eigenvalue weighted by Crippen LogP contribution is 2.25. The van der Waals surface area contributed by atoms with Crippen LogP contribution >= 0.6 is 0 Å². The summed E-state index contributed by atoms with van der Waals surface area (Å²) >= 11 is 0. The van der Waals surface area contributed by atoms with Crippen LogP contribution in [0.25, 0.3) is 0 Å². The van der Waals surface area contributed by atoms with Gasteiger partial charge in [0.2, 0.25) is 0 Å². The Labute approximate surface area is 119 Å². The first kappa shape index (κ1) is 14.7. The van der Waals surface area contributed by atoms with Crippen molar-refractivity contribution in [2.45, 2.75) is 51.4 Å². The minimum absolute atomic E-state index is 0.0156. The zero-order valence-electron chi connectivity index (χ0n) is 11.9. The molecule has 1 saturated heterocycles. The number of esters is 1. The average Bonchev–Trinajstić information content (AvgIpc) is 2.42. The normalized spacial score (nSPS) is 26.0. The molecule has 0 N–H and O–H groups in total. The van der Waals surface area contributed by atoms with Crippen molar-refractivity contribution in [3.05, 3.63) is 35.9 Å². The molecule has 4 nitrogen and oxygen atoms in total. The molecule has 1 aliphatic rings. The predicted octanol–water partition coefficient (Wildman–Crippen LogP) is 2.76. The predicted molar refractivity (Wildman–Crippen MR) is 74.5 cm³/mol. The summed E-state index contributed by atoms with van der Waals surface area (Å²) in [5.74, 6) is -0.313. The molecule has 4 heteroatoms. The van der Waals surface area contributed by atoms with E-state index in [-0.39, 0.29) is 36.5 Å². The number of benzene rings is 1. The van der Waals surface area contributed by atoms with E-state index in [1.807, 2.05) is 25.1 Å². The Balaban J connectivity index is 2.03. The molecule has 1 aromatic carbocycles. The summed E-state index contributed by atoms with van der Waals surface area (Å²) in [7, 11) is 0. The fourth-order valence-corrected chi connectivity index (χ4v) is 2.49. The molecule has 1 aliphatic heterocycles. The molecule has 1 aromatic rings. The molecule has 1 fully saturated rings. The third kappa shape index (κ3) is 3.90. The largest absolute Gasteiger partial charge is 0.460 e. The molecule has 0 aromatic heterocycles. The molecule has 0 saturated carbocycles. The van der Waals surface area contributed by atoms with Gasteiger partial charge in [-0.2, -0.15) is 0 Å². The van der Waals surface area contributed by atoms with E-state index in [9.17, 15) is 9.59 Å². The number of ether oxygens (including phenoxy) is 2. The lowest BCUT2D eigenvalue weighted by molar-refractivity contribution is -0.167. The standard InChI is InChI=1S/C16H20O4/c1-11-8-9-15(20-12(2)17)16(19-11)10-14(18)13-6-4-3-5-7-13/h3-7,11,15-16H,8-10H2,1-2H3/t11-,15-,16+/m0/s1. The van der Waals surface area contributed by atoms with Gasteiger partial charge in [0.1, 0.15) is 12.2 Å². The lowest BCUT2D eigenvalue weighted by Gasteiger charge is -2.34. The van der Waals surface area contributed by atoms with Crippen molar-refractivity contribution in [3.63, 3.8) is 0 Å². The molecule has 0 spiro atoms. The molecule has 0 bridgehead atoms. The lowest BCUT2D eigenvalue weighted by atomic mass is 9.95. The van der Waals surface area contributed by atoms with Crippen LogP contribution < -0.4 is 0 Å². The Hall–Kier alpha value is -1.68. The van der Waals surface area contributed by atoms with Gasteiger partial charge < -0.3 is 9.47 Å². The Morgan fingerprint density at radius 2 is 1.95 bits per heavy atom. The third-order valence-electron chi connectivity index (χ3n) is 3.48. The van der Waals surface area contributed by atoms with Crippen LogP contribution in [0.1, 0.15) is 43.5 Å². The van der Waals surface area contributed by atoms with E-state index in [1.165, 1.54) is 6.92 Å². The van der Waals surface area contributed by atoms with Gasteiger partial charge in [-0.3, -0.25) is 9.59 Å². The number of ketones is 1. The molecule has 2 rings (SSSR count). The van der Waals surface area contributed by atoms with E-state index in [0.717, 1.165) is 12.8 Å². The Kier molecular flexibility index (Phi) is 4.90.